The van der Waals surface area contributed by atoms with Crippen molar-refractivity contribution in [3.63, 3.8) is 0 Å². The number of hydrogen-bond acceptors (Lipinski definition) is 3. The Bertz CT molecular complexity index is 554. The van der Waals surface area contributed by atoms with Crippen LogP contribution in [0.25, 0.3) is 4.98 Å². The lowest BCUT2D eigenvalue weighted by molar-refractivity contribution is 0.0599. The number of halogens is 6. The van der Waals surface area contributed by atoms with Crippen molar-refractivity contribution >= 4 is 50.8 Å². The molecule has 0 aliphatic heterocycles. The predicted molar refractivity (Wildman–Crippen MR) is 72.8 cm³/mol. The van der Waals surface area contributed by atoms with Gasteiger partial charge in [-0.25, -0.2) is 4.79 Å². The highest BCUT2D eigenvalue weighted by Gasteiger charge is 2.26. The summed E-state index contributed by atoms with van der Waals surface area (Å²) in [5, 5.41) is 8.80. The monoisotopic (exact) mass is 420 g/mol. The Morgan fingerprint density at radius 3 is 2.10 bits per heavy atom. The van der Waals surface area contributed by atoms with Crippen LogP contribution in [0.5, 0.6) is 0 Å². The maximum Gasteiger partial charge on any atom is 0.673 e. The van der Waals surface area contributed by atoms with Gasteiger partial charge in [-0.3, -0.25) is 0 Å². The molecule has 0 amide bonds. The van der Waals surface area contributed by atoms with Gasteiger partial charge in [-0.2, -0.15) is 0 Å². The molecule has 20 heavy (non-hydrogen) atoms. The van der Waals surface area contributed by atoms with Gasteiger partial charge in [0.2, 0.25) is 5.39 Å². The van der Waals surface area contributed by atoms with Gasteiger partial charge in [0.15, 0.2) is 4.98 Å². The van der Waals surface area contributed by atoms with E-state index in [1.54, 1.807) is 13.0 Å². The number of esters is 1. The molecule has 0 bridgehead atoms. The number of ether oxygens (including phenoxy) is 1. The summed E-state index contributed by atoms with van der Waals surface area (Å²) in [7, 11) is -4.70. The van der Waals surface area contributed by atoms with Gasteiger partial charge in [-0.15, -0.1) is 0 Å². The quantitative estimate of drug-likeness (QED) is 0.275. The smallest absolute Gasteiger partial charge is 0.465 e. The van der Waals surface area contributed by atoms with Gasteiger partial charge in [0.25, 0.3) is 0 Å². The highest BCUT2D eigenvalue weighted by molar-refractivity contribution is 9.11. The molecule has 0 N–H and O–H groups in total. The zero-order valence-electron chi connectivity index (χ0n) is 10.1. The molecule has 0 spiro atoms. The second-order valence-electron chi connectivity index (χ2n) is 3.28. The van der Waals surface area contributed by atoms with Crippen molar-refractivity contribution in [2.24, 2.45) is 0 Å². The summed E-state index contributed by atoms with van der Waals surface area (Å²) in [5.74, 6) is -0.475. The summed E-state index contributed by atoms with van der Waals surface area (Å²) in [4.78, 5) is 14.6. The number of diazo groups is 1. The predicted octanol–water partition coefficient (Wildman–Crippen LogP) is 5.09. The molecule has 4 nitrogen and oxygen atoms in total. The molecule has 0 saturated heterocycles. The highest BCUT2D eigenvalue weighted by Crippen LogP contribution is 2.36. The first-order valence-electron chi connectivity index (χ1n) is 4.82. The first-order valence-corrected chi connectivity index (χ1v) is 6.40. The summed E-state index contributed by atoms with van der Waals surface area (Å²) in [6, 6.07) is 1.63. The number of hydrogen-bond donors (Lipinski definition) is 0. The third-order valence-electron chi connectivity index (χ3n) is 1.94. The van der Waals surface area contributed by atoms with E-state index < -0.39 is 13.2 Å². The van der Waals surface area contributed by atoms with Gasteiger partial charge < -0.3 is 22.0 Å². The van der Waals surface area contributed by atoms with Crippen molar-refractivity contribution in [2.45, 2.75) is 6.92 Å². The number of carbonyl (C=O) groups is 1. The third-order valence-corrected chi connectivity index (χ3v) is 3.17. The molecule has 0 unspecified atom stereocenters. The Kier molecular flexibility index (Phi) is 7.15. The average molecular weight is 422 g/mol. The Balaban J connectivity index is 0.000000621. The van der Waals surface area contributed by atoms with Crippen LogP contribution in [0.3, 0.4) is 0 Å². The standard InChI is InChI=1S/C9H7Br2N2O2.BF4/c1-4-7(9(14)15-2)5(10)3-6(11)8(4)13-12;2-1(3,4)5/h3H,1-2H3;/q+1;-1. The van der Waals surface area contributed by atoms with E-state index in [1.807, 2.05) is 0 Å². The van der Waals surface area contributed by atoms with Crippen molar-refractivity contribution in [1.29, 1.82) is 5.39 Å². The molecule has 110 valence electrons. The van der Waals surface area contributed by atoms with E-state index in [0.29, 0.717) is 25.8 Å². The minimum absolute atomic E-state index is 0.318. The first-order chi connectivity index (χ1) is 9.02. The second kappa shape index (κ2) is 7.59. The molecule has 0 aliphatic carbocycles. The van der Waals surface area contributed by atoms with Gasteiger partial charge in [0.1, 0.15) is 4.47 Å². The minimum atomic E-state index is -6.00. The van der Waals surface area contributed by atoms with Crippen LogP contribution in [0.1, 0.15) is 15.9 Å². The molecule has 0 aliphatic rings. The minimum Gasteiger partial charge on any atom is -0.465 e. The zero-order valence-corrected chi connectivity index (χ0v) is 13.3. The van der Waals surface area contributed by atoms with Crippen LogP contribution in [0.2, 0.25) is 0 Å². The van der Waals surface area contributed by atoms with Crippen LogP contribution >= 0.6 is 31.9 Å². The van der Waals surface area contributed by atoms with E-state index in [-0.39, 0.29) is 0 Å². The average Bonchev–Trinajstić information content (AvgIpc) is 2.26. The Morgan fingerprint density at radius 2 is 1.75 bits per heavy atom. The topological polar surface area (TPSA) is 54.5 Å². The first kappa shape index (κ1) is 18.9. The molecule has 0 radical (unpaired) electrons. The molecule has 0 atom stereocenters. The zero-order chi connectivity index (χ0) is 16.1. The fraction of sp³-hybridized carbons (Fsp3) is 0.222. The van der Waals surface area contributed by atoms with E-state index in [9.17, 15) is 22.1 Å². The van der Waals surface area contributed by atoms with E-state index in [4.69, 9.17) is 5.39 Å². The molecule has 1 aromatic carbocycles. The molecule has 0 heterocycles. The summed E-state index contributed by atoms with van der Waals surface area (Å²) in [5.41, 5.74) is 1.22. The fourth-order valence-corrected chi connectivity index (χ4v) is 2.80. The number of nitrogens with zero attached hydrogens (tertiary/aromatic N) is 2. The van der Waals surface area contributed by atoms with Crippen molar-refractivity contribution in [3.8, 4) is 0 Å². The van der Waals surface area contributed by atoms with Crippen LogP contribution < -0.4 is 0 Å². The molecule has 0 fully saturated rings. The van der Waals surface area contributed by atoms with E-state index in [2.05, 4.69) is 41.6 Å². The maximum atomic E-state index is 11.4. The highest BCUT2D eigenvalue weighted by atomic mass is 79.9. The van der Waals surface area contributed by atoms with Gasteiger partial charge in [-0.1, -0.05) is 0 Å². The summed E-state index contributed by atoms with van der Waals surface area (Å²) in [6.07, 6.45) is 0. The molecule has 1 aromatic rings. The number of methoxy groups -OCH3 is 1. The van der Waals surface area contributed by atoms with Gasteiger partial charge >= 0.3 is 18.9 Å². The molecular weight excluding hydrogens is 415 g/mol. The Morgan fingerprint density at radius 1 is 1.30 bits per heavy atom. The van der Waals surface area contributed by atoms with E-state index in [0.717, 1.165) is 0 Å². The molecule has 1 rings (SSSR count). The fourth-order valence-electron chi connectivity index (χ4n) is 1.20. The Labute approximate surface area is 128 Å². The number of benzene rings is 1. The molecule has 0 saturated carbocycles. The summed E-state index contributed by atoms with van der Waals surface area (Å²) in [6.45, 7) is 1.68. The SMILES string of the molecule is COC(=O)c1c(Br)cc(Br)c([N+]#N)c1C.F[B-](F)(F)F. The van der Waals surface area contributed by atoms with Crippen LogP contribution in [0.15, 0.2) is 15.0 Å². The van der Waals surface area contributed by atoms with Crippen LogP contribution in [0, 0.1) is 12.3 Å². The van der Waals surface area contributed by atoms with Gasteiger partial charge in [0.05, 0.1) is 18.2 Å². The number of carbonyl (C=O) groups excluding carboxylic acids is 1. The largest absolute Gasteiger partial charge is 0.673 e. The molecule has 11 heteroatoms. The van der Waals surface area contributed by atoms with Crippen molar-refractivity contribution in [2.75, 3.05) is 7.11 Å². The lowest BCUT2D eigenvalue weighted by Crippen LogP contribution is -2.05. The van der Waals surface area contributed by atoms with E-state index >= 15 is 0 Å². The van der Waals surface area contributed by atoms with Crippen LogP contribution in [-0.4, -0.2) is 20.3 Å². The molecule has 0 aromatic heterocycles. The lowest BCUT2D eigenvalue weighted by Gasteiger charge is -2.04. The summed E-state index contributed by atoms with van der Waals surface area (Å²) < 4.78 is 44.8. The van der Waals surface area contributed by atoms with Crippen molar-refractivity contribution < 1.29 is 26.8 Å². The summed E-state index contributed by atoms with van der Waals surface area (Å²) >= 11 is 6.48. The number of rotatable bonds is 1. The third kappa shape index (κ3) is 5.87. The molecular formula is C9H7BBr2F4N2O2. The van der Waals surface area contributed by atoms with Gasteiger partial charge in [-0.05, 0) is 44.8 Å². The maximum absolute atomic E-state index is 11.4. The second-order valence-corrected chi connectivity index (χ2v) is 4.98. The van der Waals surface area contributed by atoms with Crippen LogP contribution in [0.4, 0.5) is 23.0 Å². The van der Waals surface area contributed by atoms with Crippen molar-refractivity contribution in [3.05, 3.63) is 31.1 Å². The Hall–Kier alpha value is -1.15. The van der Waals surface area contributed by atoms with Crippen LogP contribution in [-0.2, 0) is 4.74 Å². The van der Waals surface area contributed by atoms with E-state index in [1.165, 1.54) is 7.11 Å². The van der Waals surface area contributed by atoms with Crippen molar-refractivity contribution in [1.82, 2.24) is 0 Å². The normalized spacial score (nSPS) is 10.2. The lowest BCUT2D eigenvalue weighted by atomic mass is 10.1. The van der Waals surface area contributed by atoms with Gasteiger partial charge in [0, 0.05) is 4.47 Å².